The number of hydrogen-bond acceptors (Lipinski definition) is 2. The summed E-state index contributed by atoms with van der Waals surface area (Å²) >= 11 is 5.65. The molecule has 0 amide bonds. The Morgan fingerprint density at radius 3 is 2.80 bits per heavy atom. The molecule has 1 heterocycles. The largest absolute Gasteiger partial charge is 0.481 e. The van der Waals surface area contributed by atoms with Gasteiger partial charge >= 0.3 is 5.97 Å². The van der Waals surface area contributed by atoms with E-state index >= 15 is 0 Å². The van der Waals surface area contributed by atoms with E-state index in [9.17, 15) is 9.18 Å². The van der Waals surface area contributed by atoms with Crippen LogP contribution in [0.4, 0.5) is 4.39 Å². The number of halogens is 2. The van der Waals surface area contributed by atoms with E-state index in [2.05, 4.69) is 4.98 Å². The molecule has 1 aromatic heterocycles. The Morgan fingerprint density at radius 2 is 2.27 bits per heavy atom. The monoisotopic (exact) mass is 231 g/mol. The van der Waals surface area contributed by atoms with Crippen LogP contribution in [0.2, 0.25) is 5.02 Å². The number of nitrogens with zero attached hydrogens (tertiary/aromatic N) is 1. The normalized spacial score (nSPS) is 11.5. The first-order valence-electron chi connectivity index (χ1n) is 4.36. The van der Waals surface area contributed by atoms with Gasteiger partial charge in [0.05, 0.1) is 10.4 Å². The van der Waals surface area contributed by atoms with Crippen molar-refractivity contribution in [2.24, 2.45) is 5.41 Å². The Labute approximate surface area is 91.9 Å². The molecule has 0 aliphatic carbocycles. The summed E-state index contributed by atoms with van der Waals surface area (Å²) in [6.07, 6.45) is 1.25. The lowest BCUT2D eigenvalue weighted by Crippen LogP contribution is -2.26. The molecular formula is C10H11ClFNO2. The Balaban J connectivity index is 2.99. The minimum atomic E-state index is -1.03. The zero-order valence-corrected chi connectivity index (χ0v) is 9.18. The zero-order valence-electron chi connectivity index (χ0n) is 8.42. The number of carbonyl (C=O) groups is 1. The summed E-state index contributed by atoms with van der Waals surface area (Å²) < 4.78 is 13.2. The van der Waals surface area contributed by atoms with Crippen LogP contribution in [-0.2, 0) is 11.2 Å². The van der Waals surface area contributed by atoms with Crippen LogP contribution in [0.1, 0.15) is 19.4 Å². The molecule has 0 bridgehead atoms. The zero-order chi connectivity index (χ0) is 11.6. The molecule has 0 radical (unpaired) electrons. The average Bonchev–Trinajstić information content (AvgIpc) is 2.10. The number of aliphatic carboxylic acids is 1. The molecule has 0 saturated carbocycles. The number of pyridine rings is 1. The molecule has 1 N–H and O–H groups in total. The molecule has 3 nitrogen and oxygen atoms in total. The Kier molecular flexibility index (Phi) is 3.29. The van der Waals surface area contributed by atoms with Crippen LogP contribution < -0.4 is 0 Å². The molecule has 0 aromatic carbocycles. The second-order valence-electron chi connectivity index (χ2n) is 3.97. The van der Waals surface area contributed by atoms with Crippen LogP contribution in [0.3, 0.4) is 0 Å². The van der Waals surface area contributed by atoms with Crippen LogP contribution in [0.25, 0.3) is 0 Å². The van der Waals surface area contributed by atoms with Gasteiger partial charge in [-0.2, -0.15) is 4.39 Å². The maximum atomic E-state index is 13.2. The van der Waals surface area contributed by atoms with E-state index in [-0.39, 0.29) is 12.0 Å². The van der Waals surface area contributed by atoms with Gasteiger partial charge < -0.3 is 5.11 Å². The van der Waals surface area contributed by atoms with Crippen LogP contribution in [0.5, 0.6) is 0 Å². The van der Waals surface area contributed by atoms with Crippen LogP contribution in [0.15, 0.2) is 12.3 Å². The third kappa shape index (κ3) is 2.89. The van der Waals surface area contributed by atoms with Crippen molar-refractivity contribution in [2.45, 2.75) is 20.3 Å². The fraction of sp³-hybridized carbons (Fsp3) is 0.400. The summed E-state index contributed by atoms with van der Waals surface area (Å²) in [5, 5.41) is 9.19. The number of rotatable bonds is 3. The number of carboxylic acids is 1. The van der Waals surface area contributed by atoms with E-state index in [1.165, 1.54) is 26.1 Å². The molecule has 0 unspecified atom stereocenters. The predicted molar refractivity (Wildman–Crippen MR) is 54.3 cm³/mol. The van der Waals surface area contributed by atoms with E-state index in [4.69, 9.17) is 16.7 Å². The standard InChI is InChI=1S/C10H11ClFNO2/c1-10(2,9(14)15)4-6-3-7(11)5-13-8(6)12/h3,5H,4H2,1-2H3,(H,14,15). The molecule has 1 aromatic rings. The maximum absolute atomic E-state index is 13.2. The first-order chi connectivity index (χ1) is 6.83. The van der Waals surface area contributed by atoms with Gasteiger partial charge in [-0.05, 0) is 26.3 Å². The van der Waals surface area contributed by atoms with Gasteiger partial charge in [0.2, 0.25) is 5.95 Å². The van der Waals surface area contributed by atoms with Gasteiger partial charge in [-0.3, -0.25) is 4.79 Å². The highest BCUT2D eigenvalue weighted by atomic mass is 35.5. The molecule has 0 spiro atoms. The molecule has 0 saturated heterocycles. The summed E-state index contributed by atoms with van der Waals surface area (Å²) in [6, 6.07) is 1.40. The second-order valence-corrected chi connectivity index (χ2v) is 4.41. The van der Waals surface area contributed by atoms with Crippen molar-refractivity contribution in [3.8, 4) is 0 Å². The highest BCUT2D eigenvalue weighted by Crippen LogP contribution is 2.24. The highest BCUT2D eigenvalue weighted by molar-refractivity contribution is 6.30. The molecule has 5 heteroatoms. The first kappa shape index (κ1) is 11.9. The maximum Gasteiger partial charge on any atom is 0.309 e. The Hall–Kier alpha value is -1.16. The summed E-state index contributed by atoms with van der Waals surface area (Å²) in [5.41, 5.74) is -0.817. The van der Waals surface area contributed by atoms with Crippen molar-refractivity contribution in [3.63, 3.8) is 0 Å². The van der Waals surface area contributed by atoms with E-state index in [0.29, 0.717) is 5.02 Å². The molecular weight excluding hydrogens is 221 g/mol. The lowest BCUT2D eigenvalue weighted by Gasteiger charge is -2.18. The third-order valence-corrected chi connectivity index (χ3v) is 2.30. The van der Waals surface area contributed by atoms with Crippen LogP contribution >= 0.6 is 11.6 Å². The van der Waals surface area contributed by atoms with Gasteiger partial charge in [-0.15, -0.1) is 0 Å². The van der Waals surface area contributed by atoms with Crippen molar-refractivity contribution in [1.82, 2.24) is 4.98 Å². The van der Waals surface area contributed by atoms with E-state index in [1.54, 1.807) is 0 Å². The summed E-state index contributed by atoms with van der Waals surface area (Å²) in [5.74, 6) is -1.66. The minimum absolute atomic E-state index is 0.0573. The molecule has 0 aliphatic heterocycles. The fourth-order valence-corrected chi connectivity index (χ4v) is 1.32. The number of hydrogen-bond donors (Lipinski definition) is 1. The molecule has 0 atom stereocenters. The number of carboxylic acid groups (broad SMARTS) is 1. The molecule has 0 aliphatic rings. The summed E-state index contributed by atoms with van der Waals surface area (Å²) in [6.45, 7) is 3.05. The topological polar surface area (TPSA) is 50.2 Å². The lowest BCUT2D eigenvalue weighted by molar-refractivity contribution is -0.146. The third-order valence-electron chi connectivity index (χ3n) is 2.09. The van der Waals surface area contributed by atoms with E-state index < -0.39 is 17.3 Å². The smallest absolute Gasteiger partial charge is 0.309 e. The van der Waals surface area contributed by atoms with Gasteiger partial charge in [0.15, 0.2) is 0 Å². The second kappa shape index (κ2) is 4.14. The van der Waals surface area contributed by atoms with Gasteiger partial charge in [-0.1, -0.05) is 11.6 Å². The van der Waals surface area contributed by atoms with Crippen LogP contribution in [0, 0.1) is 11.4 Å². The molecule has 0 fully saturated rings. The quantitative estimate of drug-likeness (QED) is 0.814. The Morgan fingerprint density at radius 1 is 1.67 bits per heavy atom. The van der Waals surface area contributed by atoms with Crippen LogP contribution in [-0.4, -0.2) is 16.1 Å². The SMILES string of the molecule is CC(C)(Cc1cc(Cl)cnc1F)C(=O)O. The van der Waals surface area contributed by atoms with Crippen molar-refractivity contribution in [2.75, 3.05) is 0 Å². The summed E-state index contributed by atoms with van der Waals surface area (Å²) in [4.78, 5) is 14.3. The minimum Gasteiger partial charge on any atom is -0.481 e. The first-order valence-corrected chi connectivity index (χ1v) is 4.74. The van der Waals surface area contributed by atoms with E-state index in [1.807, 2.05) is 0 Å². The van der Waals surface area contributed by atoms with Gasteiger partial charge in [0.1, 0.15) is 0 Å². The van der Waals surface area contributed by atoms with Crippen molar-refractivity contribution < 1.29 is 14.3 Å². The molecule has 82 valence electrons. The van der Waals surface area contributed by atoms with Gasteiger partial charge in [0, 0.05) is 11.8 Å². The Bertz CT molecular complexity index is 393. The van der Waals surface area contributed by atoms with Crippen molar-refractivity contribution >= 4 is 17.6 Å². The van der Waals surface area contributed by atoms with Crippen molar-refractivity contribution in [1.29, 1.82) is 0 Å². The number of aromatic nitrogens is 1. The predicted octanol–water partition coefficient (Wildman–Crippen LogP) is 2.53. The van der Waals surface area contributed by atoms with E-state index in [0.717, 1.165) is 0 Å². The molecule has 15 heavy (non-hydrogen) atoms. The van der Waals surface area contributed by atoms with Gasteiger partial charge in [-0.25, -0.2) is 4.98 Å². The van der Waals surface area contributed by atoms with Crippen molar-refractivity contribution in [3.05, 3.63) is 28.8 Å². The van der Waals surface area contributed by atoms with Gasteiger partial charge in [0.25, 0.3) is 0 Å². The average molecular weight is 232 g/mol. The highest BCUT2D eigenvalue weighted by Gasteiger charge is 2.28. The molecule has 1 rings (SSSR count). The lowest BCUT2D eigenvalue weighted by atomic mass is 9.86. The fourth-order valence-electron chi connectivity index (χ4n) is 1.14. The summed E-state index contributed by atoms with van der Waals surface area (Å²) in [7, 11) is 0.